The van der Waals surface area contributed by atoms with Gasteiger partial charge < -0.3 is 5.32 Å². The average Bonchev–Trinajstić information content (AvgIpc) is 3.09. The minimum Gasteiger partial charge on any atom is -0.339 e. The van der Waals surface area contributed by atoms with Gasteiger partial charge in [-0.05, 0) is 36.2 Å². The lowest BCUT2D eigenvalue weighted by Gasteiger charge is -2.10. The Morgan fingerprint density at radius 3 is 2.66 bits per heavy atom. The number of anilines is 2. The largest absolute Gasteiger partial charge is 0.339 e. The first-order valence-electron chi connectivity index (χ1n) is 8.71. The molecule has 146 valence electrons. The molecule has 0 atom stereocenters. The molecule has 0 amide bonds. The van der Waals surface area contributed by atoms with Gasteiger partial charge >= 0.3 is 0 Å². The fourth-order valence-electron chi connectivity index (χ4n) is 3.11. The van der Waals surface area contributed by atoms with Crippen molar-refractivity contribution in [1.82, 2.24) is 9.97 Å². The van der Waals surface area contributed by atoms with Gasteiger partial charge in [-0.25, -0.2) is 9.97 Å². The average molecular weight is 490 g/mol. The standard InChI is InChI=1S/C20H14BrClN4O2S/c1-2-16-17(11-3-5-12(21)6-4-11)18-19(23-10-24-20(18)29-16)25-13-7-8-14(22)15(9-13)26(27)28/h3-10H,2H2,1H3,(H,23,24,25). The zero-order valence-electron chi connectivity index (χ0n) is 15.1. The van der Waals surface area contributed by atoms with Crippen molar-refractivity contribution in [1.29, 1.82) is 0 Å². The minimum atomic E-state index is -0.504. The first-order chi connectivity index (χ1) is 14.0. The van der Waals surface area contributed by atoms with E-state index < -0.39 is 4.92 Å². The Labute approximate surface area is 183 Å². The molecule has 2 heterocycles. The van der Waals surface area contributed by atoms with Crippen molar-refractivity contribution in [2.24, 2.45) is 0 Å². The van der Waals surface area contributed by atoms with Crippen LogP contribution in [-0.4, -0.2) is 14.9 Å². The van der Waals surface area contributed by atoms with E-state index in [9.17, 15) is 10.1 Å². The van der Waals surface area contributed by atoms with E-state index in [2.05, 4.69) is 50.3 Å². The van der Waals surface area contributed by atoms with Gasteiger partial charge in [0.1, 0.15) is 22.0 Å². The molecular weight excluding hydrogens is 476 g/mol. The fourth-order valence-corrected chi connectivity index (χ4v) is 4.66. The monoisotopic (exact) mass is 488 g/mol. The van der Waals surface area contributed by atoms with Crippen LogP contribution in [0.4, 0.5) is 17.2 Å². The normalized spacial score (nSPS) is 11.0. The number of aromatic nitrogens is 2. The first-order valence-corrected chi connectivity index (χ1v) is 10.7. The fraction of sp³-hybridized carbons (Fsp3) is 0.100. The maximum atomic E-state index is 11.2. The lowest BCUT2D eigenvalue weighted by Crippen LogP contribution is -1.97. The zero-order valence-corrected chi connectivity index (χ0v) is 18.3. The lowest BCUT2D eigenvalue weighted by atomic mass is 10.0. The number of nitrogens with zero attached hydrogens (tertiary/aromatic N) is 3. The van der Waals surface area contributed by atoms with Crippen molar-refractivity contribution in [3.8, 4) is 11.1 Å². The second kappa shape index (κ2) is 8.06. The second-order valence-corrected chi connectivity index (χ2v) is 8.62. The Morgan fingerprint density at radius 2 is 1.97 bits per heavy atom. The van der Waals surface area contributed by atoms with Crippen molar-refractivity contribution >= 4 is 66.3 Å². The second-order valence-electron chi connectivity index (χ2n) is 6.21. The summed E-state index contributed by atoms with van der Waals surface area (Å²) in [6.45, 7) is 2.11. The van der Waals surface area contributed by atoms with Crippen LogP contribution in [0.2, 0.25) is 5.02 Å². The summed E-state index contributed by atoms with van der Waals surface area (Å²) in [5.74, 6) is 0.598. The predicted octanol–water partition coefficient (Wildman–Crippen LogP) is 6.99. The quantitative estimate of drug-likeness (QED) is 0.241. The highest BCUT2D eigenvalue weighted by molar-refractivity contribution is 9.10. The van der Waals surface area contributed by atoms with E-state index in [1.165, 1.54) is 23.3 Å². The molecule has 0 aliphatic heterocycles. The summed E-state index contributed by atoms with van der Waals surface area (Å²) in [6, 6.07) is 12.7. The number of aryl methyl sites for hydroxylation is 1. The van der Waals surface area contributed by atoms with Crippen molar-refractivity contribution < 1.29 is 4.92 Å². The maximum absolute atomic E-state index is 11.2. The summed E-state index contributed by atoms with van der Waals surface area (Å²) in [5, 5.41) is 15.4. The summed E-state index contributed by atoms with van der Waals surface area (Å²) in [5.41, 5.74) is 2.52. The molecule has 0 bridgehead atoms. The molecular formula is C20H14BrClN4O2S. The number of benzene rings is 2. The zero-order chi connectivity index (χ0) is 20.5. The summed E-state index contributed by atoms with van der Waals surface area (Å²) in [7, 11) is 0. The summed E-state index contributed by atoms with van der Waals surface area (Å²) in [4.78, 5) is 21.6. The molecule has 0 saturated carbocycles. The molecule has 2 aromatic heterocycles. The highest BCUT2D eigenvalue weighted by Gasteiger charge is 2.19. The van der Waals surface area contributed by atoms with Crippen LogP contribution in [0.1, 0.15) is 11.8 Å². The molecule has 0 radical (unpaired) electrons. The SMILES string of the molecule is CCc1sc2ncnc(Nc3ccc(Cl)c([N+](=O)[O-])c3)c2c1-c1ccc(Br)cc1. The third-order valence-electron chi connectivity index (χ3n) is 4.42. The van der Waals surface area contributed by atoms with Gasteiger partial charge in [-0.1, -0.05) is 46.6 Å². The maximum Gasteiger partial charge on any atom is 0.289 e. The van der Waals surface area contributed by atoms with E-state index in [4.69, 9.17) is 11.6 Å². The Hall–Kier alpha value is -2.55. The van der Waals surface area contributed by atoms with E-state index in [0.29, 0.717) is 11.5 Å². The smallest absolute Gasteiger partial charge is 0.289 e. The molecule has 0 aliphatic carbocycles. The van der Waals surface area contributed by atoms with Crippen LogP contribution in [0.3, 0.4) is 0 Å². The van der Waals surface area contributed by atoms with Crippen molar-refractivity contribution in [2.75, 3.05) is 5.32 Å². The summed E-state index contributed by atoms with van der Waals surface area (Å²) < 4.78 is 1.00. The van der Waals surface area contributed by atoms with Gasteiger partial charge in [0.05, 0.1) is 10.3 Å². The van der Waals surface area contributed by atoms with Gasteiger partial charge in [-0.2, -0.15) is 0 Å². The van der Waals surface area contributed by atoms with E-state index in [0.717, 1.165) is 32.2 Å². The molecule has 0 unspecified atom stereocenters. The van der Waals surface area contributed by atoms with Crippen LogP contribution in [-0.2, 0) is 6.42 Å². The third-order valence-corrected chi connectivity index (χ3v) is 6.51. The van der Waals surface area contributed by atoms with Crippen molar-refractivity contribution in [3.05, 3.63) is 73.3 Å². The van der Waals surface area contributed by atoms with Crippen LogP contribution in [0.15, 0.2) is 53.3 Å². The molecule has 4 rings (SSSR count). The van der Waals surface area contributed by atoms with Gasteiger partial charge in [0.15, 0.2) is 0 Å². The Kier molecular flexibility index (Phi) is 5.49. The molecule has 1 N–H and O–H groups in total. The number of fused-ring (bicyclic) bond motifs is 1. The van der Waals surface area contributed by atoms with Crippen molar-refractivity contribution in [2.45, 2.75) is 13.3 Å². The number of nitro groups is 1. The molecule has 6 nitrogen and oxygen atoms in total. The molecule has 9 heteroatoms. The highest BCUT2D eigenvalue weighted by atomic mass is 79.9. The van der Waals surface area contributed by atoms with Gasteiger partial charge in [0, 0.05) is 26.7 Å². The molecule has 2 aromatic carbocycles. The number of rotatable bonds is 5. The van der Waals surface area contributed by atoms with Gasteiger partial charge in [-0.15, -0.1) is 11.3 Å². The number of halogens is 2. The number of nitro benzene ring substituents is 1. The molecule has 0 spiro atoms. The van der Waals surface area contributed by atoms with Crippen LogP contribution < -0.4 is 5.32 Å². The van der Waals surface area contributed by atoms with Crippen molar-refractivity contribution in [3.63, 3.8) is 0 Å². The Morgan fingerprint density at radius 1 is 1.21 bits per heavy atom. The van der Waals surface area contributed by atoms with Gasteiger partial charge in [0.25, 0.3) is 5.69 Å². The topological polar surface area (TPSA) is 81.0 Å². The summed E-state index contributed by atoms with van der Waals surface area (Å²) in [6.07, 6.45) is 2.36. The van der Waals surface area contributed by atoms with Crippen LogP contribution in [0.25, 0.3) is 21.3 Å². The van der Waals surface area contributed by atoms with E-state index >= 15 is 0 Å². The summed E-state index contributed by atoms with van der Waals surface area (Å²) >= 11 is 11.0. The highest BCUT2D eigenvalue weighted by Crippen LogP contribution is 2.42. The van der Waals surface area contributed by atoms with E-state index in [-0.39, 0.29) is 10.7 Å². The lowest BCUT2D eigenvalue weighted by molar-refractivity contribution is -0.384. The van der Waals surface area contributed by atoms with Crippen LogP contribution in [0, 0.1) is 10.1 Å². The van der Waals surface area contributed by atoms with E-state index in [1.807, 2.05) is 12.1 Å². The van der Waals surface area contributed by atoms with Crippen LogP contribution in [0.5, 0.6) is 0 Å². The van der Waals surface area contributed by atoms with Gasteiger partial charge in [0.2, 0.25) is 0 Å². The number of hydrogen-bond donors (Lipinski definition) is 1. The molecule has 0 aliphatic rings. The Balaban J connectivity index is 1.88. The first kappa shape index (κ1) is 19.8. The predicted molar refractivity (Wildman–Crippen MR) is 121 cm³/mol. The molecule has 29 heavy (non-hydrogen) atoms. The number of thiophene rings is 1. The molecule has 4 aromatic rings. The Bertz CT molecular complexity index is 1230. The molecule has 0 saturated heterocycles. The minimum absolute atomic E-state index is 0.0905. The van der Waals surface area contributed by atoms with Gasteiger partial charge in [-0.3, -0.25) is 10.1 Å². The number of nitrogens with one attached hydrogen (secondary N) is 1. The van der Waals surface area contributed by atoms with Crippen LogP contribution >= 0.6 is 38.9 Å². The molecule has 0 fully saturated rings. The third kappa shape index (κ3) is 3.83. The number of hydrogen-bond acceptors (Lipinski definition) is 6. The van der Waals surface area contributed by atoms with E-state index in [1.54, 1.807) is 17.4 Å².